The molecule has 0 saturated carbocycles. The molecule has 0 aromatic rings. The van der Waals surface area contributed by atoms with E-state index in [0.29, 0.717) is 0 Å². The molecule has 0 aliphatic carbocycles. The molecule has 0 saturated heterocycles. The van der Waals surface area contributed by atoms with Gasteiger partial charge in [0.15, 0.2) is 0 Å². The molecule has 0 amide bonds. The van der Waals surface area contributed by atoms with Gasteiger partial charge in [0, 0.05) is 0 Å². The van der Waals surface area contributed by atoms with Gasteiger partial charge < -0.3 is 0 Å². The van der Waals surface area contributed by atoms with Gasteiger partial charge in [0.05, 0.1) is 0 Å². The van der Waals surface area contributed by atoms with Gasteiger partial charge >= 0.3 is 40.7 Å². The topological polar surface area (TPSA) is 17.1 Å². The fourth-order valence-corrected chi connectivity index (χ4v) is 0. The van der Waals surface area contributed by atoms with E-state index >= 15 is 0 Å². The minimum absolute atomic E-state index is 1.14. The van der Waals surface area contributed by atoms with Crippen molar-refractivity contribution in [2.45, 2.75) is 6.43 Å². The van der Waals surface area contributed by atoms with Crippen LogP contribution in [0.5, 0.6) is 0 Å². The number of rotatable bonds is 1. The van der Waals surface area contributed by atoms with Crippen LogP contribution in [0.25, 0.3) is 0 Å². The van der Waals surface area contributed by atoms with Crippen molar-refractivity contribution in [3.05, 3.63) is 0 Å². The first-order chi connectivity index (χ1) is 2.64. The van der Waals surface area contributed by atoms with Crippen molar-refractivity contribution >= 4 is 20.7 Å². The molecule has 0 heterocycles. The van der Waals surface area contributed by atoms with Crippen molar-refractivity contribution in [3.8, 4) is 0 Å². The molecule has 0 spiro atoms. The van der Waals surface area contributed by atoms with Gasteiger partial charge in [-0.05, 0) is 0 Å². The van der Waals surface area contributed by atoms with Crippen LogP contribution < -0.4 is 0 Å². The van der Waals surface area contributed by atoms with Crippen molar-refractivity contribution in [2.75, 3.05) is 0 Å². The normalized spacial score (nSPS) is 9.33. The fraction of sp³-hybridized carbons (Fsp3) is 0.500. The molecule has 0 bridgehead atoms. The van der Waals surface area contributed by atoms with Crippen LogP contribution in [0.15, 0.2) is 0 Å². The average Bonchev–Trinajstić information content (AvgIpc) is 1.36. The van der Waals surface area contributed by atoms with E-state index in [9.17, 15) is 13.6 Å². The third-order valence-electron chi connectivity index (χ3n) is 0.187. The summed E-state index contributed by atoms with van der Waals surface area (Å²) in [6, 6.07) is 0. The molecule has 0 atom stereocenters. The molecule has 0 radical (unpaired) electrons. The molecule has 0 N–H and O–H groups in total. The molecule has 0 aromatic heterocycles. The first kappa shape index (κ1) is 6.05. The van der Waals surface area contributed by atoms with E-state index in [4.69, 9.17) is 0 Å². The second kappa shape index (κ2) is 2.26. The summed E-state index contributed by atoms with van der Waals surface area (Å²) >= 11 is 1.25. The van der Waals surface area contributed by atoms with Gasteiger partial charge in [-0.25, -0.2) is 0 Å². The number of hydrogen-bond donors (Lipinski definition) is 0. The Balaban J connectivity index is 3.26. The van der Waals surface area contributed by atoms with E-state index < -0.39 is 11.1 Å². The molecule has 4 heteroatoms. The summed E-state index contributed by atoms with van der Waals surface area (Å²) in [6.07, 6.45) is -2.81. The van der Waals surface area contributed by atoms with Gasteiger partial charge in [-0.2, -0.15) is 0 Å². The molecule has 1 nitrogen and oxygen atoms in total. The summed E-state index contributed by atoms with van der Waals surface area (Å²) in [5.41, 5.74) is 0. The van der Waals surface area contributed by atoms with E-state index in [-0.39, 0.29) is 0 Å². The fourth-order valence-electron chi connectivity index (χ4n) is 0. The van der Waals surface area contributed by atoms with Crippen LogP contribution in [0.3, 0.4) is 0 Å². The van der Waals surface area contributed by atoms with Gasteiger partial charge in [0.2, 0.25) is 0 Å². The quantitative estimate of drug-likeness (QED) is 0.479. The van der Waals surface area contributed by atoms with Gasteiger partial charge in [0.25, 0.3) is 0 Å². The van der Waals surface area contributed by atoms with E-state index in [1.54, 1.807) is 0 Å². The number of carbonyl (C=O) groups is 1. The van der Waals surface area contributed by atoms with Crippen LogP contribution >= 0.6 is 0 Å². The number of halogens is 2. The molecule has 0 aliphatic heterocycles. The maximum atomic E-state index is 10.8. The molecular weight excluding hydrogens is 157 g/mol. The number of alkyl halides is 2. The predicted molar refractivity (Wildman–Crippen MR) is 18.2 cm³/mol. The zero-order valence-electron chi connectivity index (χ0n) is 2.69. The van der Waals surface area contributed by atoms with Crippen molar-refractivity contribution in [1.29, 1.82) is 0 Å². The second-order valence-electron chi connectivity index (χ2n) is 0.639. The van der Waals surface area contributed by atoms with E-state index in [1.165, 1.54) is 16.0 Å². The minimum atomic E-state index is -2.81. The van der Waals surface area contributed by atoms with Gasteiger partial charge in [0.1, 0.15) is 0 Å². The van der Waals surface area contributed by atoms with Gasteiger partial charge in [-0.15, -0.1) is 0 Å². The first-order valence-electron chi connectivity index (χ1n) is 1.15. The summed E-state index contributed by atoms with van der Waals surface area (Å²) < 4.78 is 20.4. The Kier molecular flexibility index (Phi) is 2.28. The van der Waals surface area contributed by atoms with Crippen molar-refractivity contribution in [1.82, 2.24) is 0 Å². The van der Waals surface area contributed by atoms with Crippen molar-refractivity contribution in [3.63, 3.8) is 0 Å². The Hall–Kier alpha value is 0.0495. The van der Waals surface area contributed by atoms with Gasteiger partial charge in [-0.3, -0.25) is 0 Å². The Morgan fingerprint density at radius 1 is 1.67 bits per heavy atom. The van der Waals surface area contributed by atoms with E-state index in [2.05, 4.69) is 0 Å². The maximum absolute atomic E-state index is 10.8. The van der Waals surface area contributed by atoms with Crippen LogP contribution in [0.1, 0.15) is 0 Å². The van der Waals surface area contributed by atoms with E-state index in [0.717, 1.165) is 0 Å². The third kappa shape index (κ3) is 2.30. The van der Waals surface area contributed by atoms with Gasteiger partial charge in [-0.1, -0.05) is 0 Å². The summed E-state index contributed by atoms with van der Waals surface area (Å²) in [7, 11) is 0. The van der Waals surface area contributed by atoms with Crippen LogP contribution in [-0.2, 0) is 4.79 Å². The zero-order chi connectivity index (χ0) is 5.15. The van der Waals surface area contributed by atoms with Crippen LogP contribution in [0.4, 0.5) is 8.78 Å². The molecule has 0 aliphatic rings. The Morgan fingerprint density at radius 2 is 1.83 bits per heavy atom. The summed E-state index contributed by atoms with van der Waals surface area (Å²) in [5, 5.41) is 0. The molecular formula is C2H2F2OSe. The van der Waals surface area contributed by atoms with Crippen LogP contribution in [0, 0.1) is 0 Å². The monoisotopic (exact) mass is 160 g/mol. The molecule has 0 rings (SSSR count). The molecule has 0 unspecified atom stereocenters. The SMILES string of the molecule is O=C([SeH])C(F)F. The number of carbonyl (C=O) groups excluding carboxylic acids is 1. The Morgan fingerprint density at radius 3 is 1.83 bits per heavy atom. The molecule has 0 fully saturated rings. The Labute approximate surface area is 41.5 Å². The number of hydrogen-bond acceptors (Lipinski definition) is 1. The van der Waals surface area contributed by atoms with Crippen molar-refractivity contribution < 1.29 is 13.6 Å². The predicted octanol–water partition coefficient (Wildman–Crippen LogP) is -0.321. The van der Waals surface area contributed by atoms with Crippen LogP contribution in [-0.4, -0.2) is 27.1 Å². The summed E-state index contributed by atoms with van der Waals surface area (Å²) in [5.74, 6) is 0. The third-order valence-corrected chi connectivity index (χ3v) is 0.596. The molecule has 36 valence electrons. The zero-order valence-corrected chi connectivity index (χ0v) is 4.57. The van der Waals surface area contributed by atoms with E-state index in [1.807, 2.05) is 0 Å². The van der Waals surface area contributed by atoms with Crippen molar-refractivity contribution in [2.24, 2.45) is 0 Å². The first-order valence-corrected chi connectivity index (χ1v) is 2.09. The summed E-state index contributed by atoms with van der Waals surface area (Å²) in [6.45, 7) is 0. The average molecular weight is 159 g/mol. The molecule has 0 aromatic carbocycles. The van der Waals surface area contributed by atoms with Crippen LogP contribution in [0.2, 0.25) is 0 Å². The summed E-state index contributed by atoms with van der Waals surface area (Å²) in [4.78, 5) is 9.37. The second-order valence-corrected chi connectivity index (χ2v) is 1.56. The standard InChI is InChI=1S/C2H2F2OSe/c3-1(4)2(5)6/h1H,(H,5,6). The molecule has 6 heavy (non-hydrogen) atoms. The Bertz CT molecular complexity index is 62.6.